The van der Waals surface area contributed by atoms with E-state index in [1.54, 1.807) is 0 Å². The molecule has 0 saturated carbocycles. The molecule has 0 atom stereocenters. The molecule has 1 rings (SSSR count). The van der Waals surface area contributed by atoms with E-state index in [-0.39, 0.29) is 11.3 Å². The first-order valence-electron chi connectivity index (χ1n) is 7.77. The standard InChI is InChI=1S/C17H29N3O/c1-7-18-15-11-13(10-14(20-15)12(2)3)16(21)19-9-8-17(4,5)6/h10-12H,7-9H2,1-6H3,(H,18,20)(H,19,21). The van der Waals surface area contributed by atoms with E-state index in [9.17, 15) is 4.79 Å². The summed E-state index contributed by atoms with van der Waals surface area (Å²) in [5, 5.41) is 6.18. The van der Waals surface area contributed by atoms with Gasteiger partial charge in [0, 0.05) is 24.3 Å². The van der Waals surface area contributed by atoms with Crippen LogP contribution in [0.25, 0.3) is 0 Å². The average molecular weight is 291 g/mol. The molecule has 4 nitrogen and oxygen atoms in total. The van der Waals surface area contributed by atoms with E-state index < -0.39 is 0 Å². The first kappa shape index (κ1) is 17.5. The number of hydrogen-bond acceptors (Lipinski definition) is 3. The summed E-state index contributed by atoms with van der Waals surface area (Å²) in [6.45, 7) is 14.2. The first-order valence-corrected chi connectivity index (χ1v) is 7.77. The van der Waals surface area contributed by atoms with E-state index in [0.717, 1.165) is 24.5 Å². The lowest BCUT2D eigenvalue weighted by molar-refractivity contribution is 0.0949. The lowest BCUT2D eigenvalue weighted by Crippen LogP contribution is -2.27. The molecular weight excluding hydrogens is 262 g/mol. The van der Waals surface area contributed by atoms with Crippen LogP contribution < -0.4 is 10.6 Å². The van der Waals surface area contributed by atoms with Crippen molar-refractivity contribution in [3.63, 3.8) is 0 Å². The molecule has 0 unspecified atom stereocenters. The van der Waals surface area contributed by atoms with Crippen LogP contribution in [0.1, 0.15) is 69.9 Å². The van der Waals surface area contributed by atoms with Crippen molar-refractivity contribution >= 4 is 11.7 Å². The fraction of sp³-hybridized carbons (Fsp3) is 0.647. The maximum Gasteiger partial charge on any atom is 0.251 e. The zero-order valence-electron chi connectivity index (χ0n) is 14.2. The van der Waals surface area contributed by atoms with Gasteiger partial charge in [-0.05, 0) is 36.8 Å². The Bertz CT molecular complexity index is 475. The molecule has 0 aliphatic heterocycles. The summed E-state index contributed by atoms with van der Waals surface area (Å²) < 4.78 is 0. The molecule has 1 aromatic heterocycles. The third kappa shape index (κ3) is 6.15. The first-order chi connectivity index (χ1) is 9.73. The predicted molar refractivity (Wildman–Crippen MR) is 88.9 cm³/mol. The second-order valence-electron chi connectivity index (χ2n) is 6.92. The normalized spacial score (nSPS) is 11.6. The Morgan fingerprint density at radius 3 is 2.48 bits per heavy atom. The zero-order valence-corrected chi connectivity index (χ0v) is 14.2. The van der Waals surface area contributed by atoms with Gasteiger partial charge in [0.25, 0.3) is 5.91 Å². The maximum atomic E-state index is 12.3. The van der Waals surface area contributed by atoms with Crippen molar-refractivity contribution in [2.75, 3.05) is 18.4 Å². The monoisotopic (exact) mass is 291 g/mol. The number of aromatic nitrogens is 1. The molecule has 0 aliphatic carbocycles. The van der Waals surface area contributed by atoms with Gasteiger partial charge in [-0.3, -0.25) is 4.79 Å². The number of carbonyl (C=O) groups excluding carboxylic acids is 1. The molecule has 0 bridgehead atoms. The fourth-order valence-corrected chi connectivity index (χ4v) is 1.90. The summed E-state index contributed by atoms with van der Waals surface area (Å²) in [6, 6.07) is 3.71. The Labute approximate surface area is 128 Å². The number of amides is 1. The summed E-state index contributed by atoms with van der Waals surface area (Å²) >= 11 is 0. The number of nitrogens with one attached hydrogen (secondary N) is 2. The van der Waals surface area contributed by atoms with E-state index in [1.165, 1.54) is 0 Å². The minimum atomic E-state index is -0.0253. The number of nitrogens with zero attached hydrogens (tertiary/aromatic N) is 1. The number of carbonyl (C=O) groups is 1. The SMILES string of the molecule is CCNc1cc(C(=O)NCCC(C)(C)C)cc(C(C)C)n1. The summed E-state index contributed by atoms with van der Waals surface area (Å²) in [7, 11) is 0. The number of rotatable bonds is 6. The van der Waals surface area contributed by atoms with Gasteiger partial charge in [0.2, 0.25) is 0 Å². The largest absolute Gasteiger partial charge is 0.370 e. The molecule has 2 N–H and O–H groups in total. The van der Waals surface area contributed by atoms with Gasteiger partial charge in [-0.1, -0.05) is 34.6 Å². The van der Waals surface area contributed by atoms with Crippen LogP contribution in [0.4, 0.5) is 5.82 Å². The molecule has 4 heteroatoms. The lowest BCUT2D eigenvalue weighted by Gasteiger charge is -2.18. The number of anilines is 1. The highest BCUT2D eigenvalue weighted by Gasteiger charge is 2.14. The Morgan fingerprint density at radius 2 is 1.95 bits per heavy atom. The molecule has 1 amide bonds. The Balaban J connectivity index is 2.82. The Hall–Kier alpha value is -1.58. The van der Waals surface area contributed by atoms with Crippen molar-refractivity contribution in [3.05, 3.63) is 23.4 Å². The third-order valence-electron chi connectivity index (χ3n) is 3.22. The Kier molecular flexibility index (Phi) is 6.19. The summed E-state index contributed by atoms with van der Waals surface area (Å²) in [6.07, 6.45) is 0.959. The number of hydrogen-bond donors (Lipinski definition) is 2. The molecule has 1 heterocycles. The van der Waals surface area contributed by atoms with Gasteiger partial charge in [-0.2, -0.15) is 0 Å². The van der Waals surface area contributed by atoms with Crippen LogP contribution in [0.15, 0.2) is 12.1 Å². The topological polar surface area (TPSA) is 54.0 Å². The van der Waals surface area contributed by atoms with Gasteiger partial charge < -0.3 is 10.6 Å². The molecule has 0 radical (unpaired) electrons. The highest BCUT2D eigenvalue weighted by Crippen LogP contribution is 2.19. The van der Waals surface area contributed by atoms with Gasteiger partial charge in [0.15, 0.2) is 0 Å². The molecule has 1 aromatic rings. The highest BCUT2D eigenvalue weighted by molar-refractivity contribution is 5.95. The predicted octanol–water partition coefficient (Wildman–Crippen LogP) is 3.80. The second-order valence-corrected chi connectivity index (χ2v) is 6.92. The fourth-order valence-electron chi connectivity index (χ4n) is 1.90. The minimum absolute atomic E-state index is 0.0253. The summed E-state index contributed by atoms with van der Waals surface area (Å²) in [4.78, 5) is 16.8. The van der Waals surface area contributed by atoms with Crippen molar-refractivity contribution < 1.29 is 4.79 Å². The molecule has 0 aliphatic rings. The molecule has 0 saturated heterocycles. The lowest BCUT2D eigenvalue weighted by atomic mass is 9.92. The van der Waals surface area contributed by atoms with Gasteiger partial charge in [0.1, 0.15) is 5.82 Å². The molecule has 118 valence electrons. The molecule has 0 aromatic carbocycles. The van der Waals surface area contributed by atoms with Crippen molar-refractivity contribution in [2.45, 2.75) is 53.9 Å². The molecular formula is C17H29N3O. The van der Waals surface area contributed by atoms with E-state index in [4.69, 9.17) is 0 Å². The maximum absolute atomic E-state index is 12.3. The van der Waals surface area contributed by atoms with Crippen molar-refractivity contribution in [1.29, 1.82) is 0 Å². The highest BCUT2D eigenvalue weighted by atomic mass is 16.1. The molecule has 0 fully saturated rings. The van der Waals surface area contributed by atoms with Crippen molar-refractivity contribution in [2.24, 2.45) is 5.41 Å². The van der Waals surface area contributed by atoms with Gasteiger partial charge in [-0.25, -0.2) is 4.98 Å². The van der Waals surface area contributed by atoms with Crippen LogP contribution in [0.5, 0.6) is 0 Å². The zero-order chi connectivity index (χ0) is 16.0. The van der Waals surface area contributed by atoms with Gasteiger partial charge in [-0.15, -0.1) is 0 Å². The third-order valence-corrected chi connectivity index (χ3v) is 3.22. The van der Waals surface area contributed by atoms with Crippen molar-refractivity contribution in [3.8, 4) is 0 Å². The van der Waals surface area contributed by atoms with Crippen LogP contribution in [0.2, 0.25) is 0 Å². The average Bonchev–Trinajstić information content (AvgIpc) is 2.37. The van der Waals surface area contributed by atoms with Crippen LogP contribution in [-0.2, 0) is 0 Å². The van der Waals surface area contributed by atoms with Gasteiger partial charge >= 0.3 is 0 Å². The van der Waals surface area contributed by atoms with E-state index in [1.807, 2.05) is 19.1 Å². The second kappa shape index (κ2) is 7.43. The number of pyridine rings is 1. The molecule has 0 spiro atoms. The quantitative estimate of drug-likeness (QED) is 0.838. The smallest absolute Gasteiger partial charge is 0.251 e. The van der Waals surface area contributed by atoms with Crippen LogP contribution in [0.3, 0.4) is 0 Å². The molecule has 21 heavy (non-hydrogen) atoms. The minimum Gasteiger partial charge on any atom is -0.370 e. The van der Waals surface area contributed by atoms with Crippen LogP contribution in [-0.4, -0.2) is 24.0 Å². The Morgan fingerprint density at radius 1 is 1.29 bits per heavy atom. The van der Waals surface area contributed by atoms with Crippen molar-refractivity contribution in [1.82, 2.24) is 10.3 Å². The van der Waals surface area contributed by atoms with E-state index >= 15 is 0 Å². The van der Waals surface area contributed by atoms with Crippen LogP contribution in [0, 0.1) is 5.41 Å². The van der Waals surface area contributed by atoms with Crippen LogP contribution >= 0.6 is 0 Å². The van der Waals surface area contributed by atoms with E-state index in [0.29, 0.717) is 18.0 Å². The van der Waals surface area contributed by atoms with Gasteiger partial charge in [0.05, 0.1) is 0 Å². The van der Waals surface area contributed by atoms with E-state index in [2.05, 4.69) is 50.2 Å². The summed E-state index contributed by atoms with van der Waals surface area (Å²) in [5.41, 5.74) is 1.84. The summed E-state index contributed by atoms with van der Waals surface area (Å²) in [5.74, 6) is 1.04.